The van der Waals surface area contributed by atoms with Gasteiger partial charge >= 0.3 is 6.18 Å². The van der Waals surface area contributed by atoms with E-state index in [4.69, 9.17) is 0 Å². The fourth-order valence-electron chi connectivity index (χ4n) is 2.88. The number of amides is 1. The highest BCUT2D eigenvalue weighted by Crippen LogP contribution is 2.30. The average Bonchev–Trinajstić information content (AvgIpc) is 3.17. The fourth-order valence-corrected chi connectivity index (χ4v) is 2.88. The van der Waals surface area contributed by atoms with E-state index in [1.807, 2.05) is 0 Å². The minimum atomic E-state index is -4.54. The Bertz CT molecular complexity index is 1330. The number of aromatic nitrogens is 5. The highest BCUT2D eigenvalue weighted by molar-refractivity contribution is 6.02. The largest absolute Gasteiger partial charge is 0.416 e. The minimum absolute atomic E-state index is 0.0646. The van der Waals surface area contributed by atoms with Crippen LogP contribution in [0.5, 0.6) is 0 Å². The van der Waals surface area contributed by atoms with Gasteiger partial charge in [0.1, 0.15) is 5.82 Å². The topological polar surface area (TPSA) is 94.2 Å². The zero-order valence-electron chi connectivity index (χ0n) is 15.4. The van der Waals surface area contributed by atoms with E-state index < -0.39 is 28.8 Å². The second-order valence-electron chi connectivity index (χ2n) is 6.34. The zero-order chi connectivity index (χ0) is 21.5. The van der Waals surface area contributed by atoms with Crippen LogP contribution < -0.4 is 10.7 Å². The molecule has 1 amide bonds. The van der Waals surface area contributed by atoms with Crippen LogP contribution in [0.3, 0.4) is 0 Å². The molecule has 0 radical (unpaired) electrons. The van der Waals surface area contributed by atoms with Gasteiger partial charge in [0, 0.05) is 24.0 Å². The zero-order valence-corrected chi connectivity index (χ0v) is 15.4. The van der Waals surface area contributed by atoms with E-state index in [9.17, 15) is 22.8 Å². The summed E-state index contributed by atoms with van der Waals surface area (Å²) in [5, 5.41) is 10.6. The fraction of sp³-hybridized carbons (Fsp3) is 0.105. The molecule has 152 valence electrons. The summed E-state index contributed by atoms with van der Waals surface area (Å²) in [6.45, 7) is 1.51. The van der Waals surface area contributed by atoms with Crippen LogP contribution in [-0.4, -0.2) is 30.3 Å². The number of hydrogen-bond acceptors (Lipinski definition) is 5. The van der Waals surface area contributed by atoms with Gasteiger partial charge in [0.05, 0.1) is 17.4 Å². The second kappa shape index (κ2) is 7.10. The third-order valence-electron chi connectivity index (χ3n) is 4.27. The van der Waals surface area contributed by atoms with Gasteiger partial charge in [-0.15, -0.1) is 0 Å². The smallest absolute Gasteiger partial charge is 0.305 e. The van der Waals surface area contributed by atoms with Gasteiger partial charge in [0.2, 0.25) is 5.43 Å². The third-order valence-corrected chi connectivity index (χ3v) is 4.27. The molecule has 4 aromatic rings. The van der Waals surface area contributed by atoms with Gasteiger partial charge in [0.25, 0.3) is 5.91 Å². The Labute approximate surface area is 166 Å². The van der Waals surface area contributed by atoms with Crippen molar-refractivity contribution in [2.45, 2.75) is 13.1 Å². The lowest BCUT2D eigenvalue weighted by atomic mass is 10.2. The molecule has 0 unspecified atom stereocenters. The summed E-state index contributed by atoms with van der Waals surface area (Å²) in [7, 11) is 0. The Morgan fingerprint density at radius 3 is 2.67 bits per heavy atom. The van der Waals surface area contributed by atoms with Gasteiger partial charge < -0.3 is 5.32 Å². The van der Waals surface area contributed by atoms with Crippen LogP contribution in [0.25, 0.3) is 11.3 Å². The van der Waals surface area contributed by atoms with E-state index in [1.54, 1.807) is 6.07 Å². The standard InChI is InChI=1S/C19H13F3N6O2/c1-11-9-14(29)17(18(30)25-16-5-7-23-15-6-8-24-28(15)16)26-27(11)13-4-2-3-12(10-13)19(20,21)22/h2-10H,1H3,(H,25,30). The van der Waals surface area contributed by atoms with Gasteiger partial charge in [0.15, 0.2) is 11.3 Å². The molecule has 0 saturated heterocycles. The van der Waals surface area contributed by atoms with E-state index in [2.05, 4.69) is 20.5 Å². The van der Waals surface area contributed by atoms with Crippen LogP contribution in [0.4, 0.5) is 19.0 Å². The number of alkyl halides is 3. The summed E-state index contributed by atoms with van der Waals surface area (Å²) in [6.07, 6.45) is -1.60. The molecular formula is C19H13F3N6O2. The quantitative estimate of drug-likeness (QED) is 0.556. The molecule has 1 aromatic carbocycles. The van der Waals surface area contributed by atoms with Crippen LogP contribution in [0.15, 0.2) is 59.7 Å². The van der Waals surface area contributed by atoms with Crippen LogP contribution in [-0.2, 0) is 6.18 Å². The van der Waals surface area contributed by atoms with Crippen molar-refractivity contribution in [1.82, 2.24) is 24.4 Å². The van der Waals surface area contributed by atoms with Gasteiger partial charge in [-0.2, -0.15) is 27.9 Å². The molecule has 11 heteroatoms. The molecule has 0 spiro atoms. The van der Waals surface area contributed by atoms with Crippen molar-refractivity contribution in [2.75, 3.05) is 5.32 Å². The maximum Gasteiger partial charge on any atom is 0.416 e. The lowest BCUT2D eigenvalue weighted by molar-refractivity contribution is -0.137. The maximum atomic E-state index is 13.0. The van der Waals surface area contributed by atoms with Crippen molar-refractivity contribution >= 4 is 17.4 Å². The van der Waals surface area contributed by atoms with Gasteiger partial charge in [-0.05, 0) is 31.2 Å². The number of anilines is 1. The lowest BCUT2D eigenvalue weighted by Gasteiger charge is -2.13. The van der Waals surface area contributed by atoms with Crippen LogP contribution >= 0.6 is 0 Å². The molecule has 0 aliphatic heterocycles. The summed E-state index contributed by atoms with van der Waals surface area (Å²) in [5.74, 6) is -0.578. The number of nitrogens with one attached hydrogen (secondary N) is 1. The molecule has 0 aliphatic carbocycles. The molecule has 1 N–H and O–H groups in total. The second-order valence-corrected chi connectivity index (χ2v) is 6.34. The van der Waals surface area contributed by atoms with Crippen molar-refractivity contribution in [3.05, 3.63) is 82.0 Å². The lowest BCUT2D eigenvalue weighted by Crippen LogP contribution is -2.27. The molecule has 0 fully saturated rings. The number of carbonyl (C=O) groups is 1. The molecule has 8 nitrogen and oxygen atoms in total. The number of benzene rings is 1. The number of nitrogens with zero attached hydrogens (tertiary/aromatic N) is 5. The highest BCUT2D eigenvalue weighted by atomic mass is 19.4. The van der Waals surface area contributed by atoms with E-state index in [0.29, 0.717) is 5.65 Å². The number of halogens is 3. The van der Waals surface area contributed by atoms with Crippen LogP contribution in [0.1, 0.15) is 21.7 Å². The normalized spacial score (nSPS) is 11.6. The summed E-state index contributed by atoms with van der Waals surface area (Å²) < 4.78 is 41.6. The monoisotopic (exact) mass is 414 g/mol. The summed E-state index contributed by atoms with van der Waals surface area (Å²) in [5.41, 5.74) is -1.20. The van der Waals surface area contributed by atoms with Crippen molar-refractivity contribution in [2.24, 2.45) is 0 Å². The van der Waals surface area contributed by atoms with Crippen LogP contribution in [0.2, 0.25) is 0 Å². The first kappa shape index (κ1) is 19.3. The number of fused-ring (bicyclic) bond motifs is 1. The molecular weight excluding hydrogens is 401 g/mol. The first-order valence-electron chi connectivity index (χ1n) is 8.63. The number of aryl methyl sites for hydroxylation is 1. The third kappa shape index (κ3) is 3.52. The van der Waals surface area contributed by atoms with Crippen molar-refractivity contribution < 1.29 is 18.0 Å². The van der Waals surface area contributed by atoms with Gasteiger partial charge in [-0.1, -0.05) is 6.07 Å². The maximum absolute atomic E-state index is 13.0. The molecule has 0 saturated carbocycles. The van der Waals surface area contributed by atoms with Crippen molar-refractivity contribution in [3.63, 3.8) is 0 Å². The Morgan fingerprint density at radius 1 is 1.10 bits per heavy atom. The summed E-state index contributed by atoms with van der Waals surface area (Å²) in [4.78, 5) is 29.1. The Hall–Kier alpha value is -4.02. The predicted molar refractivity (Wildman–Crippen MR) is 101 cm³/mol. The Kier molecular flexibility index (Phi) is 4.57. The first-order valence-corrected chi connectivity index (χ1v) is 8.63. The van der Waals surface area contributed by atoms with Gasteiger partial charge in [-0.25, -0.2) is 9.67 Å². The van der Waals surface area contributed by atoms with Crippen LogP contribution in [0, 0.1) is 6.92 Å². The van der Waals surface area contributed by atoms with E-state index in [1.165, 1.54) is 42.0 Å². The molecule has 30 heavy (non-hydrogen) atoms. The SMILES string of the molecule is Cc1cc(=O)c(C(=O)Nc2ccnc3ccnn23)nn1-c1cccc(C(F)(F)F)c1. The van der Waals surface area contributed by atoms with Crippen molar-refractivity contribution in [3.8, 4) is 5.69 Å². The predicted octanol–water partition coefficient (Wildman–Crippen LogP) is 2.85. The first-order chi connectivity index (χ1) is 14.2. The van der Waals surface area contributed by atoms with Gasteiger partial charge in [-0.3, -0.25) is 9.59 Å². The molecule has 3 heterocycles. The Balaban J connectivity index is 1.74. The van der Waals surface area contributed by atoms with E-state index in [-0.39, 0.29) is 17.2 Å². The molecule has 4 rings (SSSR count). The summed E-state index contributed by atoms with van der Waals surface area (Å²) >= 11 is 0. The molecule has 3 aromatic heterocycles. The Morgan fingerprint density at radius 2 is 1.90 bits per heavy atom. The van der Waals surface area contributed by atoms with E-state index in [0.717, 1.165) is 22.9 Å². The molecule has 0 aliphatic rings. The summed E-state index contributed by atoms with van der Waals surface area (Å²) in [6, 6.07) is 8.69. The number of hydrogen-bond donors (Lipinski definition) is 1. The number of rotatable bonds is 3. The minimum Gasteiger partial charge on any atom is -0.305 e. The molecule has 0 bridgehead atoms. The van der Waals surface area contributed by atoms with E-state index >= 15 is 0 Å². The number of carbonyl (C=O) groups excluding carboxylic acids is 1. The average molecular weight is 414 g/mol. The molecule has 0 atom stereocenters. The van der Waals surface area contributed by atoms with Crippen molar-refractivity contribution in [1.29, 1.82) is 0 Å². The highest BCUT2D eigenvalue weighted by Gasteiger charge is 2.30.